The van der Waals surface area contributed by atoms with Gasteiger partial charge in [-0.15, -0.1) is 11.3 Å². The lowest BCUT2D eigenvalue weighted by Crippen LogP contribution is -2.44. The normalized spacial score (nSPS) is 11.9. The van der Waals surface area contributed by atoms with Crippen LogP contribution in [0, 0.1) is 12.7 Å². The molecule has 1 N–H and O–H groups in total. The summed E-state index contributed by atoms with van der Waals surface area (Å²) in [5.74, 6) is 0.821. The average molecular weight is 465 g/mol. The molecular weight excluding hydrogens is 439 g/mol. The van der Waals surface area contributed by atoms with Crippen molar-refractivity contribution in [2.45, 2.75) is 32.9 Å². The van der Waals surface area contributed by atoms with Gasteiger partial charge in [-0.25, -0.2) is 14.1 Å². The number of pyridine rings is 1. The first-order valence-electron chi connectivity index (χ1n) is 10.6. The standard InChI is InChI=1S/C24H25FN6OS/c1-4-31-22(13-20(29-31)18-9-10-26-16(2)11-18)28-24(32)21(30(3)23-14-33-15-27-23)12-17-5-7-19(25)8-6-17/h5-11,13-15,21H,4,12H2,1-3H3,(H,28,32)/t21-/m0/s1. The van der Waals surface area contributed by atoms with Crippen molar-refractivity contribution in [1.29, 1.82) is 0 Å². The number of hydrogen-bond acceptors (Lipinski definition) is 6. The third-order valence-corrected chi connectivity index (χ3v) is 5.99. The molecule has 0 aliphatic rings. The maximum Gasteiger partial charge on any atom is 0.248 e. The highest BCUT2D eigenvalue weighted by molar-refractivity contribution is 7.07. The molecule has 3 heterocycles. The maximum atomic E-state index is 13.5. The van der Waals surface area contributed by atoms with Gasteiger partial charge in [-0.05, 0) is 43.7 Å². The van der Waals surface area contributed by atoms with Crippen LogP contribution in [0.1, 0.15) is 18.2 Å². The number of halogens is 1. The van der Waals surface area contributed by atoms with Crippen LogP contribution < -0.4 is 10.2 Å². The molecule has 170 valence electrons. The van der Waals surface area contributed by atoms with Crippen LogP contribution in [0.25, 0.3) is 11.3 Å². The van der Waals surface area contributed by atoms with Crippen LogP contribution in [-0.4, -0.2) is 38.7 Å². The van der Waals surface area contributed by atoms with E-state index in [1.54, 1.807) is 28.5 Å². The first-order valence-corrected chi connectivity index (χ1v) is 11.6. The lowest BCUT2D eigenvalue weighted by Gasteiger charge is -2.27. The summed E-state index contributed by atoms with van der Waals surface area (Å²) in [5.41, 5.74) is 5.19. The molecule has 0 saturated heterocycles. The van der Waals surface area contributed by atoms with Crippen molar-refractivity contribution >= 4 is 28.9 Å². The highest BCUT2D eigenvalue weighted by Gasteiger charge is 2.26. The van der Waals surface area contributed by atoms with Crippen LogP contribution in [-0.2, 0) is 17.8 Å². The Kier molecular flexibility index (Phi) is 6.79. The molecule has 33 heavy (non-hydrogen) atoms. The minimum Gasteiger partial charge on any atom is -0.347 e. The summed E-state index contributed by atoms with van der Waals surface area (Å²) in [4.78, 5) is 23.9. The summed E-state index contributed by atoms with van der Waals surface area (Å²) in [6.07, 6.45) is 2.15. The van der Waals surface area contributed by atoms with E-state index in [4.69, 9.17) is 0 Å². The van der Waals surface area contributed by atoms with Gasteiger partial charge in [0.25, 0.3) is 0 Å². The lowest BCUT2D eigenvalue weighted by molar-refractivity contribution is -0.117. The van der Waals surface area contributed by atoms with Gasteiger partial charge >= 0.3 is 0 Å². The Labute approximate surface area is 195 Å². The van der Waals surface area contributed by atoms with Crippen molar-refractivity contribution in [2.75, 3.05) is 17.3 Å². The van der Waals surface area contributed by atoms with Gasteiger partial charge in [0.15, 0.2) is 0 Å². The molecule has 0 fully saturated rings. The molecule has 0 spiro atoms. The number of amides is 1. The summed E-state index contributed by atoms with van der Waals surface area (Å²) in [6.45, 7) is 4.50. The van der Waals surface area contributed by atoms with E-state index in [1.165, 1.54) is 23.5 Å². The highest BCUT2D eigenvalue weighted by Crippen LogP contribution is 2.24. The second-order valence-electron chi connectivity index (χ2n) is 7.71. The Balaban J connectivity index is 1.61. The van der Waals surface area contributed by atoms with Crippen molar-refractivity contribution in [3.63, 3.8) is 0 Å². The first kappa shape index (κ1) is 22.6. The maximum absolute atomic E-state index is 13.5. The molecule has 9 heteroatoms. The summed E-state index contributed by atoms with van der Waals surface area (Å²) >= 11 is 1.46. The van der Waals surface area contributed by atoms with Gasteiger partial charge in [-0.2, -0.15) is 5.10 Å². The van der Waals surface area contributed by atoms with E-state index >= 15 is 0 Å². The molecule has 0 bridgehead atoms. The molecule has 0 unspecified atom stereocenters. The fourth-order valence-electron chi connectivity index (χ4n) is 3.60. The SMILES string of the molecule is CCn1nc(-c2ccnc(C)c2)cc1NC(=O)[C@H](Cc1ccc(F)cc1)N(C)c1cscn1. The van der Waals surface area contributed by atoms with E-state index in [2.05, 4.69) is 20.4 Å². The summed E-state index contributed by atoms with van der Waals surface area (Å²) in [6, 6.07) is 11.4. The second kappa shape index (κ2) is 9.91. The zero-order chi connectivity index (χ0) is 23.4. The number of likely N-dealkylation sites (N-methyl/N-ethyl adjacent to an activating group) is 1. The van der Waals surface area contributed by atoms with E-state index in [0.717, 1.165) is 22.5 Å². The quantitative estimate of drug-likeness (QED) is 0.414. The molecule has 0 radical (unpaired) electrons. The number of rotatable bonds is 8. The second-order valence-corrected chi connectivity index (χ2v) is 8.43. The van der Waals surface area contributed by atoms with Crippen LogP contribution in [0.2, 0.25) is 0 Å². The number of nitrogens with one attached hydrogen (secondary N) is 1. The van der Waals surface area contributed by atoms with Crippen molar-refractivity contribution in [3.05, 3.63) is 76.6 Å². The number of aryl methyl sites for hydroxylation is 2. The number of carbonyl (C=O) groups is 1. The van der Waals surface area contributed by atoms with Gasteiger partial charge in [-0.3, -0.25) is 9.78 Å². The Bertz CT molecular complexity index is 1220. The zero-order valence-corrected chi connectivity index (χ0v) is 19.5. The van der Waals surface area contributed by atoms with Gasteiger partial charge in [0.1, 0.15) is 23.5 Å². The van der Waals surface area contributed by atoms with E-state index in [0.29, 0.717) is 24.6 Å². The van der Waals surface area contributed by atoms with Crippen LogP contribution in [0.5, 0.6) is 0 Å². The van der Waals surface area contributed by atoms with Gasteiger partial charge in [-0.1, -0.05) is 12.1 Å². The predicted octanol–water partition coefficient (Wildman–Crippen LogP) is 4.56. The van der Waals surface area contributed by atoms with Crippen LogP contribution in [0.3, 0.4) is 0 Å². The molecule has 3 aromatic heterocycles. The molecule has 0 saturated carbocycles. The number of benzene rings is 1. The van der Waals surface area contributed by atoms with E-state index in [1.807, 2.05) is 49.4 Å². The number of hydrogen-bond donors (Lipinski definition) is 1. The Morgan fingerprint density at radius 2 is 2.00 bits per heavy atom. The van der Waals surface area contributed by atoms with E-state index in [9.17, 15) is 9.18 Å². The molecule has 0 aliphatic heterocycles. The van der Waals surface area contributed by atoms with Crippen molar-refractivity contribution < 1.29 is 9.18 Å². The minimum atomic E-state index is -0.551. The van der Waals surface area contributed by atoms with Gasteiger partial charge in [0, 0.05) is 48.9 Å². The predicted molar refractivity (Wildman–Crippen MR) is 129 cm³/mol. The molecule has 7 nitrogen and oxygen atoms in total. The summed E-state index contributed by atoms with van der Waals surface area (Å²) in [5, 5.41) is 9.59. The van der Waals surface area contributed by atoms with E-state index < -0.39 is 6.04 Å². The average Bonchev–Trinajstić information content (AvgIpc) is 3.48. The fourth-order valence-corrected chi connectivity index (χ4v) is 4.18. The smallest absolute Gasteiger partial charge is 0.248 e. The first-order chi connectivity index (χ1) is 15.9. The van der Waals surface area contributed by atoms with Crippen molar-refractivity contribution in [2.24, 2.45) is 0 Å². The molecule has 4 aromatic rings. The largest absolute Gasteiger partial charge is 0.347 e. The summed E-state index contributed by atoms with van der Waals surface area (Å²) < 4.78 is 15.2. The van der Waals surface area contributed by atoms with Crippen LogP contribution in [0.15, 0.2) is 59.6 Å². The Morgan fingerprint density at radius 3 is 2.67 bits per heavy atom. The number of anilines is 2. The third kappa shape index (κ3) is 5.25. The van der Waals surface area contributed by atoms with Gasteiger partial charge in [0.2, 0.25) is 5.91 Å². The Morgan fingerprint density at radius 1 is 1.21 bits per heavy atom. The van der Waals surface area contributed by atoms with Crippen LogP contribution >= 0.6 is 11.3 Å². The molecule has 0 aliphatic carbocycles. The zero-order valence-electron chi connectivity index (χ0n) is 18.7. The molecule has 1 atom stereocenters. The number of aromatic nitrogens is 4. The summed E-state index contributed by atoms with van der Waals surface area (Å²) in [7, 11) is 1.84. The molecule has 4 rings (SSSR count). The topological polar surface area (TPSA) is 75.9 Å². The molecular formula is C24H25FN6OS. The Hall–Kier alpha value is -3.59. The highest BCUT2D eigenvalue weighted by atomic mass is 32.1. The van der Waals surface area contributed by atoms with Crippen LogP contribution in [0.4, 0.5) is 16.0 Å². The van der Waals surface area contributed by atoms with Gasteiger partial charge in [0.05, 0.1) is 11.2 Å². The number of carbonyl (C=O) groups excluding carboxylic acids is 1. The van der Waals surface area contributed by atoms with E-state index in [-0.39, 0.29) is 11.7 Å². The lowest BCUT2D eigenvalue weighted by atomic mass is 10.0. The van der Waals surface area contributed by atoms with Crippen molar-refractivity contribution in [1.82, 2.24) is 19.7 Å². The molecule has 1 amide bonds. The monoisotopic (exact) mass is 464 g/mol. The number of thiazole rings is 1. The molecule has 1 aromatic carbocycles. The van der Waals surface area contributed by atoms with Crippen molar-refractivity contribution in [3.8, 4) is 11.3 Å². The fraction of sp³-hybridized carbons (Fsp3) is 0.250. The minimum absolute atomic E-state index is 0.193. The third-order valence-electron chi connectivity index (χ3n) is 5.42. The number of nitrogens with zero attached hydrogens (tertiary/aromatic N) is 5. The van der Waals surface area contributed by atoms with Gasteiger partial charge < -0.3 is 10.2 Å².